The molecule has 2 N–H and O–H groups in total. The molecule has 3 rings (SSSR count). The second-order valence-corrected chi connectivity index (χ2v) is 5.90. The number of hydrogen-bond donors (Lipinski definition) is 2. The highest BCUT2D eigenvalue weighted by Gasteiger charge is 2.42. The molecule has 0 saturated carbocycles. The Kier molecular flexibility index (Phi) is 3.66. The first kappa shape index (κ1) is 13.4. The summed E-state index contributed by atoms with van der Waals surface area (Å²) in [4.78, 5) is 12.4. The third kappa shape index (κ3) is 2.52. The van der Waals surface area contributed by atoms with Gasteiger partial charge in [-0.15, -0.1) is 0 Å². The molecule has 0 spiro atoms. The van der Waals surface area contributed by atoms with Gasteiger partial charge in [-0.3, -0.25) is 4.79 Å². The lowest BCUT2D eigenvalue weighted by Gasteiger charge is -2.22. The van der Waals surface area contributed by atoms with Crippen LogP contribution in [0.3, 0.4) is 0 Å². The van der Waals surface area contributed by atoms with Gasteiger partial charge in [0, 0.05) is 12.1 Å². The molecule has 2 bridgehead atoms. The minimum Gasteiger partial charge on any atom is -0.497 e. The van der Waals surface area contributed by atoms with Crippen LogP contribution in [-0.4, -0.2) is 25.1 Å². The maximum Gasteiger partial charge on any atom is 0.225 e. The number of nitrogens with one attached hydrogen (secondary N) is 2. The molecular weight excluding hydrogens is 252 g/mol. The number of rotatable bonds is 4. The van der Waals surface area contributed by atoms with Crippen LogP contribution in [0.5, 0.6) is 5.75 Å². The third-order valence-electron chi connectivity index (χ3n) is 4.59. The van der Waals surface area contributed by atoms with E-state index < -0.39 is 0 Å². The van der Waals surface area contributed by atoms with Crippen LogP contribution in [0.2, 0.25) is 0 Å². The molecule has 3 unspecified atom stereocenters. The fourth-order valence-electron chi connectivity index (χ4n) is 3.43. The highest BCUT2D eigenvalue weighted by Crippen LogP contribution is 2.33. The Morgan fingerprint density at radius 3 is 2.95 bits per heavy atom. The summed E-state index contributed by atoms with van der Waals surface area (Å²) < 4.78 is 5.23. The lowest BCUT2D eigenvalue weighted by molar-refractivity contribution is -0.126. The standard InChI is InChI=1S/C16H22N2O2/c1-10(11-4-3-5-13(8-11)20-2)17-16(19)14-9-12-6-7-15(14)18-12/h3-5,8,10,12,14-15,18H,6-7,9H2,1-2H3,(H,17,19)/t10-,12?,14?,15?/m1/s1. The molecular formula is C16H22N2O2. The fraction of sp³-hybridized carbons (Fsp3) is 0.562. The molecule has 1 aromatic carbocycles. The normalized spacial score (nSPS) is 29.2. The van der Waals surface area contributed by atoms with Crippen molar-refractivity contribution in [2.24, 2.45) is 5.92 Å². The summed E-state index contributed by atoms with van der Waals surface area (Å²) in [6.45, 7) is 2.02. The Hall–Kier alpha value is -1.55. The van der Waals surface area contributed by atoms with Crippen LogP contribution in [0, 0.1) is 5.92 Å². The van der Waals surface area contributed by atoms with Gasteiger partial charge in [-0.05, 0) is 43.9 Å². The molecule has 4 atom stereocenters. The van der Waals surface area contributed by atoms with Gasteiger partial charge in [-0.25, -0.2) is 0 Å². The van der Waals surface area contributed by atoms with Crippen LogP contribution in [0.15, 0.2) is 24.3 Å². The van der Waals surface area contributed by atoms with Gasteiger partial charge in [0.15, 0.2) is 0 Å². The number of hydrogen-bond acceptors (Lipinski definition) is 3. The van der Waals surface area contributed by atoms with Gasteiger partial charge in [0.2, 0.25) is 5.91 Å². The Balaban J connectivity index is 1.63. The summed E-state index contributed by atoms with van der Waals surface area (Å²) in [6.07, 6.45) is 3.34. The minimum absolute atomic E-state index is 0.0109. The molecule has 108 valence electrons. The van der Waals surface area contributed by atoms with Gasteiger partial charge < -0.3 is 15.4 Å². The number of carbonyl (C=O) groups excluding carboxylic acids is 1. The van der Waals surface area contributed by atoms with Crippen molar-refractivity contribution in [1.82, 2.24) is 10.6 Å². The van der Waals surface area contributed by atoms with E-state index >= 15 is 0 Å². The Morgan fingerprint density at radius 1 is 1.45 bits per heavy atom. The smallest absolute Gasteiger partial charge is 0.225 e. The summed E-state index contributed by atoms with van der Waals surface area (Å²) in [7, 11) is 1.66. The van der Waals surface area contributed by atoms with Gasteiger partial charge >= 0.3 is 0 Å². The van der Waals surface area contributed by atoms with Gasteiger partial charge in [0.1, 0.15) is 5.75 Å². The summed E-state index contributed by atoms with van der Waals surface area (Å²) in [5, 5.41) is 6.65. The van der Waals surface area contributed by atoms with Crippen molar-refractivity contribution in [2.45, 2.75) is 44.3 Å². The van der Waals surface area contributed by atoms with E-state index in [9.17, 15) is 4.79 Å². The molecule has 2 aliphatic heterocycles. The van der Waals surface area contributed by atoms with Crippen molar-refractivity contribution in [3.63, 3.8) is 0 Å². The van der Waals surface area contributed by atoms with E-state index in [1.54, 1.807) is 7.11 Å². The number of amides is 1. The Labute approximate surface area is 119 Å². The van der Waals surface area contributed by atoms with E-state index in [0.29, 0.717) is 12.1 Å². The highest BCUT2D eigenvalue weighted by atomic mass is 16.5. The molecule has 2 heterocycles. The Bertz CT molecular complexity index is 503. The van der Waals surface area contributed by atoms with E-state index in [-0.39, 0.29) is 17.9 Å². The zero-order valence-corrected chi connectivity index (χ0v) is 12.1. The number of methoxy groups -OCH3 is 1. The summed E-state index contributed by atoms with van der Waals surface area (Å²) in [5.74, 6) is 1.15. The molecule has 20 heavy (non-hydrogen) atoms. The average Bonchev–Trinajstić information content (AvgIpc) is 3.10. The molecule has 0 radical (unpaired) electrons. The van der Waals surface area contributed by atoms with E-state index in [0.717, 1.165) is 24.2 Å². The van der Waals surface area contributed by atoms with Gasteiger partial charge in [-0.2, -0.15) is 0 Å². The van der Waals surface area contributed by atoms with Crippen molar-refractivity contribution >= 4 is 5.91 Å². The number of carbonyl (C=O) groups is 1. The number of fused-ring (bicyclic) bond motifs is 2. The van der Waals surface area contributed by atoms with Crippen molar-refractivity contribution in [3.8, 4) is 5.75 Å². The first-order valence-electron chi connectivity index (χ1n) is 7.37. The lowest BCUT2D eigenvalue weighted by atomic mass is 9.88. The molecule has 4 heteroatoms. The maximum atomic E-state index is 12.4. The quantitative estimate of drug-likeness (QED) is 0.883. The SMILES string of the molecule is COc1cccc([C@@H](C)NC(=O)C2CC3CCC2N3)c1. The van der Waals surface area contributed by atoms with Crippen molar-refractivity contribution in [3.05, 3.63) is 29.8 Å². The van der Waals surface area contributed by atoms with E-state index in [4.69, 9.17) is 4.74 Å². The Morgan fingerprint density at radius 2 is 2.30 bits per heavy atom. The van der Waals surface area contributed by atoms with E-state index in [1.165, 1.54) is 6.42 Å². The van der Waals surface area contributed by atoms with Crippen molar-refractivity contribution in [2.75, 3.05) is 7.11 Å². The molecule has 0 aliphatic carbocycles. The van der Waals surface area contributed by atoms with Gasteiger partial charge in [0.25, 0.3) is 0 Å². The van der Waals surface area contributed by atoms with Crippen LogP contribution < -0.4 is 15.4 Å². The zero-order valence-electron chi connectivity index (χ0n) is 12.1. The second-order valence-electron chi connectivity index (χ2n) is 5.90. The first-order valence-corrected chi connectivity index (χ1v) is 7.37. The molecule has 1 aromatic rings. The monoisotopic (exact) mass is 274 g/mol. The molecule has 1 amide bonds. The summed E-state index contributed by atoms with van der Waals surface area (Å²) in [5.41, 5.74) is 1.08. The molecule has 2 fully saturated rings. The largest absolute Gasteiger partial charge is 0.497 e. The van der Waals surface area contributed by atoms with E-state index in [1.807, 2.05) is 31.2 Å². The fourth-order valence-corrected chi connectivity index (χ4v) is 3.43. The van der Waals surface area contributed by atoms with Crippen LogP contribution in [-0.2, 0) is 4.79 Å². The third-order valence-corrected chi connectivity index (χ3v) is 4.59. The van der Waals surface area contributed by atoms with Crippen LogP contribution in [0.4, 0.5) is 0 Å². The number of ether oxygens (including phenoxy) is 1. The van der Waals surface area contributed by atoms with E-state index in [2.05, 4.69) is 10.6 Å². The summed E-state index contributed by atoms with van der Waals surface area (Å²) in [6, 6.07) is 8.82. The first-order chi connectivity index (χ1) is 9.67. The molecule has 2 aliphatic rings. The predicted octanol–water partition coefficient (Wildman–Crippen LogP) is 2.01. The second kappa shape index (κ2) is 5.44. The molecule has 2 saturated heterocycles. The maximum absolute atomic E-state index is 12.4. The van der Waals surface area contributed by atoms with Crippen molar-refractivity contribution in [1.29, 1.82) is 0 Å². The summed E-state index contributed by atoms with van der Waals surface area (Å²) >= 11 is 0. The molecule has 4 nitrogen and oxygen atoms in total. The number of benzene rings is 1. The lowest BCUT2D eigenvalue weighted by Crippen LogP contribution is -2.38. The minimum atomic E-state index is 0.0109. The molecule has 0 aromatic heterocycles. The van der Waals surface area contributed by atoms with Crippen LogP contribution >= 0.6 is 0 Å². The predicted molar refractivity (Wildman–Crippen MR) is 77.6 cm³/mol. The van der Waals surface area contributed by atoms with Crippen LogP contribution in [0.25, 0.3) is 0 Å². The zero-order chi connectivity index (χ0) is 14.1. The van der Waals surface area contributed by atoms with Crippen molar-refractivity contribution < 1.29 is 9.53 Å². The van der Waals surface area contributed by atoms with Gasteiger partial charge in [0.05, 0.1) is 19.1 Å². The topological polar surface area (TPSA) is 50.4 Å². The average molecular weight is 274 g/mol. The van der Waals surface area contributed by atoms with Gasteiger partial charge in [-0.1, -0.05) is 12.1 Å². The van der Waals surface area contributed by atoms with Crippen LogP contribution in [0.1, 0.15) is 37.8 Å². The highest BCUT2D eigenvalue weighted by molar-refractivity contribution is 5.80.